The molecule has 2 aromatic rings. The van der Waals surface area contributed by atoms with Gasteiger partial charge in [0.2, 0.25) is 0 Å². The Bertz CT molecular complexity index is 843. The summed E-state index contributed by atoms with van der Waals surface area (Å²) in [4.78, 5) is 35.8. The molecule has 0 saturated carbocycles. The minimum absolute atomic E-state index is 0.256. The predicted octanol–water partition coefficient (Wildman–Crippen LogP) is 1.62. The van der Waals surface area contributed by atoms with Crippen LogP contribution < -0.4 is 24.8 Å². The van der Waals surface area contributed by atoms with Crippen molar-refractivity contribution < 1.29 is 33.3 Å². The van der Waals surface area contributed by atoms with Gasteiger partial charge in [0, 0.05) is 17.3 Å². The van der Waals surface area contributed by atoms with E-state index in [9.17, 15) is 14.4 Å². The number of methoxy groups -OCH3 is 3. The number of hydrogen-bond acceptors (Lipinski definition) is 7. The topological polar surface area (TPSA) is 112 Å². The van der Waals surface area contributed by atoms with Crippen LogP contribution in [0, 0.1) is 0 Å². The van der Waals surface area contributed by atoms with Crippen LogP contribution in [0.5, 0.6) is 17.2 Å². The maximum absolute atomic E-state index is 12.2. The van der Waals surface area contributed by atoms with Crippen molar-refractivity contribution in [3.05, 3.63) is 48.0 Å². The highest BCUT2D eigenvalue weighted by molar-refractivity contribution is 5.97. The molecule has 2 amide bonds. The second kappa shape index (κ2) is 10.5. The summed E-state index contributed by atoms with van der Waals surface area (Å²) in [5.74, 6) is -0.245. The van der Waals surface area contributed by atoms with Gasteiger partial charge in [-0.3, -0.25) is 14.4 Å². The van der Waals surface area contributed by atoms with Gasteiger partial charge in [-0.15, -0.1) is 0 Å². The monoisotopic (exact) mass is 402 g/mol. The highest BCUT2D eigenvalue weighted by Gasteiger charge is 2.13. The highest BCUT2D eigenvalue weighted by Crippen LogP contribution is 2.22. The van der Waals surface area contributed by atoms with Gasteiger partial charge in [0.05, 0.1) is 21.3 Å². The number of carbonyl (C=O) groups excluding carboxylic acids is 3. The Morgan fingerprint density at radius 1 is 0.828 bits per heavy atom. The van der Waals surface area contributed by atoms with Crippen LogP contribution in [0.4, 0.5) is 5.69 Å². The molecular formula is C20H22N2O7. The van der Waals surface area contributed by atoms with Crippen molar-refractivity contribution in [2.24, 2.45) is 0 Å². The van der Waals surface area contributed by atoms with E-state index in [1.54, 1.807) is 30.3 Å². The minimum Gasteiger partial charge on any atom is -0.497 e. The Balaban J connectivity index is 1.78. The molecule has 0 aliphatic carbocycles. The van der Waals surface area contributed by atoms with Crippen LogP contribution >= 0.6 is 0 Å². The molecule has 0 unspecified atom stereocenters. The third kappa shape index (κ3) is 6.73. The lowest BCUT2D eigenvalue weighted by molar-refractivity contribution is -0.146. The number of rotatable bonds is 9. The first-order valence-corrected chi connectivity index (χ1v) is 8.56. The van der Waals surface area contributed by atoms with Crippen LogP contribution in [0.15, 0.2) is 42.5 Å². The Hall–Kier alpha value is -3.75. The van der Waals surface area contributed by atoms with Crippen LogP contribution in [0.3, 0.4) is 0 Å². The molecule has 0 atom stereocenters. The fourth-order valence-corrected chi connectivity index (χ4v) is 2.26. The summed E-state index contributed by atoms with van der Waals surface area (Å²) >= 11 is 0. The number of hydrogen-bond donors (Lipinski definition) is 2. The first-order valence-electron chi connectivity index (χ1n) is 8.56. The highest BCUT2D eigenvalue weighted by atomic mass is 16.5. The summed E-state index contributed by atoms with van der Waals surface area (Å²) in [7, 11) is 4.46. The second-order valence-electron chi connectivity index (χ2n) is 5.72. The van der Waals surface area contributed by atoms with Crippen LogP contribution in [0.25, 0.3) is 0 Å². The third-order valence-corrected chi connectivity index (χ3v) is 3.74. The minimum atomic E-state index is -0.752. The van der Waals surface area contributed by atoms with Crippen LogP contribution in [0.2, 0.25) is 0 Å². The molecule has 2 aromatic carbocycles. The van der Waals surface area contributed by atoms with Gasteiger partial charge in [0.1, 0.15) is 23.8 Å². The Kier molecular flexibility index (Phi) is 7.84. The SMILES string of the molecule is COc1ccc(NC(=O)COC(=O)CNC(=O)c2cc(OC)cc(OC)c2)cc1. The van der Waals surface area contributed by atoms with E-state index in [0.29, 0.717) is 22.9 Å². The third-order valence-electron chi connectivity index (χ3n) is 3.74. The van der Waals surface area contributed by atoms with Crippen molar-refractivity contribution in [2.75, 3.05) is 39.8 Å². The normalized spacial score (nSPS) is 9.90. The maximum Gasteiger partial charge on any atom is 0.325 e. The van der Waals surface area contributed by atoms with Gasteiger partial charge in [-0.1, -0.05) is 0 Å². The molecule has 0 aliphatic heterocycles. The van der Waals surface area contributed by atoms with Crippen molar-refractivity contribution in [1.82, 2.24) is 5.32 Å². The fourth-order valence-electron chi connectivity index (χ4n) is 2.26. The molecule has 0 spiro atoms. The average Bonchev–Trinajstić information content (AvgIpc) is 2.76. The number of ether oxygens (including phenoxy) is 4. The quantitative estimate of drug-likeness (QED) is 0.613. The molecule has 154 valence electrons. The average molecular weight is 402 g/mol. The Labute approximate surface area is 167 Å². The maximum atomic E-state index is 12.2. The molecule has 29 heavy (non-hydrogen) atoms. The number of nitrogens with one attached hydrogen (secondary N) is 2. The second-order valence-corrected chi connectivity index (χ2v) is 5.72. The van der Waals surface area contributed by atoms with E-state index in [1.807, 2.05) is 0 Å². The van der Waals surface area contributed by atoms with E-state index in [0.717, 1.165) is 0 Å². The molecule has 0 radical (unpaired) electrons. The van der Waals surface area contributed by atoms with Crippen LogP contribution in [-0.4, -0.2) is 52.3 Å². The summed E-state index contributed by atoms with van der Waals surface area (Å²) in [5.41, 5.74) is 0.790. The molecule has 0 aromatic heterocycles. The fraction of sp³-hybridized carbons (Fsp3) is 0.250. The van der Waals surface area contributed by atoms with Crippen LogP contribution in [-0.2, 0) is 14.3 Å². The zero-order chi connectivity index (χ0) is 21.2. The van der Waals surface area contributed by atoms with E-state index in [2.05, 4.69) is 10.6 Å². The summed E-state index contributed by atoms with van der Waals surface area (Å²) in [5, 5.41) is 5.00. The van der Waals surface area contributed by atoms with E-state index in [1.165, 1.54) is 33.5 Å². The lowest BCUT2D eigenvalue weighted by atomic mass is 10.2. The molecule has 9 heteroatoms. The Morgan fingerprint density at radius 2 is 1.41 bits per heavy atom. The molecule has 9 nitrogen and oxygen atoms in total. The van der Waals surface area contributed by atoms with Gasteiger partial charge in [0.15, 0.2) is 6.61 Å². The van der Waals surface area contributed by atoms with Crippen molar-refractivity contribution >= 4 is 23.5 Å². The van der Waals surface area contributed by atoms with Crippen molar-refractivity contribution in [3.8, 4) is 17.2 Å². The lowest BCUT2D eigenvalue weighted by Crippen LogP contribution is -2.32. The van der Waals surface area contributed by atoms with Gasteiger partial charge >= 0.3 is 5.97 Å². The molecule has 0 heterocycles. The van der Waals surface area contributed by atoms with Gasteiger partial charge in [-0.25, -0.2) is 0 Å². The number of esters is 1. The summed E-state index contributed by atoms with van der Waals surface area (Å²) < 4.78 is 20.1. The zero-order valence-electron chi connectivity index (χ0n) is 16.3. The molecule has 0 bridgehead atoms. The van der Waals surface area contributed by atoms with Crippen molar-refractivity contribution in [3.63, 3.8) is 0 Å². The van der Waals surface area contributed by atoms with Gasteiger partial charge in [-0.05, 0) is 36.4 Å². The van der Waals surface area contributed by atoms with Crippen molar-refractivity contribution in [2.45, 2.75) is 0 Å². The number of anilines is 1. The largest absolute Gasteiger partial charge is 0.497 e. The molecule has 2 rings (SSSR count). The van der Waals surface area contributed by atoms with E-state index in [4.69, 9.17) is 18.9 Å². The van der Waals surface area contributed by atoms with Gasteiger partial charge < -0.3 is 29.6 Å². The first-order chi connectivity index (χ1) is 13.9. The predicted molar refractivity (Wildman–Crippen MR) is 104 cm³/mol. The molecule has 2 N–H and O–H groups in total. The number of benzene rings is 2. The Morgan fingerprint density at radius 3 is 1.97 bits per heavy atom. The van der Waals surface area contributed by atoms with E-state index < -0.39 is 30.9 Å². The lowest BCUT2D eigenvalue weighted by Gasteiger charge is -2.10. The summed E-state index contributed by atoms with van der Waals surface area (Å²) in [6, 6.07) is 11.3. The number of carbonyl (C=O) groups is 3. The summed E-state index contributed by atoms with van der Waals surface area (Å²) in [6.45, 7) is -0.873. The molecule has 0 fully saturated rings. The standard InChI is InChI=1S/C20H22N2O7/c1-26-15-6-4-14(5-7-15)22-18(23)12-29-19(24)11-21-20(25)13-8-16(27-2)10-17(9-13)28-3/h4-10H,11-12H2,1-3H3,(H,21,25)(H,22,23). The molecular weight excluding hydrogens is 380 g/mol. The zero-order valence-corrected chi connectivity index (χ0v) is 16.3. The number of amides is 2. The van der Waals surface area contributed by atoms with Gasteiger partial charge in [-0.2, -0.15) is 0 Å². The summed E-state index contributed by atoms with van der Waals surface area (Å²) in [6.07, 6.45) is 0. The van der Waals surface area contributed by atoms with E-state index >= 15 is 0 Å². The van der Waals surface area contributed by atoms with Gasteiger partial charge in [0.25, 0.3) is 11.8 Å². The van der Waals surface area contributed by atoms with Crippen molar-refractivity contribution in [1.29, 1.82) is 0 Å². The van der Waals surface area contributed by atoms with Crippen LogP contribution in [0.1, 0.15) is 10.4 Å². The first kappa shape index (κ1) is 21.5. The molecule has 0 aliphatic rings. The molecule has 0 saturated heterocycles. The smallest absolute Gasteiger partial charge is 0.325 e. The van der Waals surface area contributed by atoms with E-state index in [-0.39, 0.29) is 5.56 Å².